The Labute approximate surface area is 150 Å². The Morgan fingerprint density at radius 1 is 1.12 bits per heavy atom. The molecule has 1 aliphatic heterocycles. The van der Waals surface area contributed by atoms with Gasteiger partial charge in [-0.3, -0.25) is 4.79 Å². The Kier molecular flexibility index (Phi) is 5.09. The van der Waals surface area contributed by atoms with Gasteiger partial charge in [-0.25, -0.2) is 0 Å². The van der Waals surface area contributed by atoms with Gasteiger partial charge in [-0.1, -0.05) is 30.8 Å². The monoisotopic (exact) mass is 345 g/mol. The van der Waals surface area contributed by atoms with Gasteiger partial charge in [0.2, 0.25) is 11.8 Å². The maximum atomic E-state index is 13.1. The van der Waals surface area contributed by atoms with E-state index >= 15 is 0 Å². The number of likely N-dealkylation sites (tertiary alicyclic amines) is 1. The molecule has 1 saturated heterocycles. The van der Waals surface area contributed by atoms with Crippen molar-refractivity contribution in [2.75, 3.05) is 13.1 Å². The Hall–Kier alpha value is -1.39. The zero-order valence-electron chi connectivity index (χ0n) is 15.5. The molecule has 3 aliphatic rings. The largest absolute Gasteiger partial charge is 0.342 e. The summed E-state index contributed by atoms with van der Waals surface area (Å²) in [6.45, 7) is 3.64. The number of hydrogen-bond donors (Lipinski definition) is 0. The van der Waals surface area contributed by atoms with Crippen molar-refractivity contribution in [3.63, 3.8) is 0 Å². The number of rotatable bonds is 3. The van der Waals surface area contributed by atoms with Crippen LogP contribution in [-0.4, -0.2) is 34.0 Å². The molecule has 4 atom stereocenters. The highest BCUT2D eigenvalue weighted by Gasteiger charge is 2.37. The molecule has 0 unspecified atom stereocenters. The molecule has 5 heteroatoms. The van der Waals surface area contributed by atoms with Crippen LogP contribution in [0.1, 0.15) is 69.5 Å². The maximum Gasteiger partial charge on any atom is 0.225 e. The first-order valence-electron chi connectivity index (χ1n) is 10.3. The standard InChI is InChI=1S/C20H31N3O2/c1-14-21-19(22-25-14)11-15-5-4-10-23(13-15)20(24)18-9-8-16-6-2-3-7-17(16)12-18/h15-18H,2-13H2,1H3/t15-,16-,17+,18+/m0/s1. The summed E-state index contributed by atoms with van der Waals surface area (Å²) in [6, 6.07) is 0. The van der Waals surface area contributed by atoms with E-state index < -0.39 is 0 Å². The minimum Gasteiger partial charge on any atom is -0.342 e. The summed E-state index contributed by atoms with van der Waals surface area (Å²) in [5.41, 5.74) is 0. The van der Waals surface area contributed by atoms with Crippen molar-refractivity contribution in [1.82, 2.24) is 15.0 Å². The van der Waals surface area contributed by atoms with Crippen molar-refractivity contribution in [2.45, 2.75) is 71.1 Å². The molecule has 0 radical (unpaired) electrons. The lowest BCUT2D eigenvalue weighted by molar-refractivity contribution is -0.139. The van der Waals surface area contributed by atoms with Gasteiger partial charge in [-0.15, -0.1) is 0 Å². The molecule has 0 spiro atoms. The van der Waals surface area contributed by atoms with Crippen molar-refractivity contribution in [1.29, 1.82) is 0 Å². The predicted octanol–water partition coefficient (Wildman–Crippen LogP) is 3.77. The smallest absolute Gasteiger partial charge is 0.225 e. The van der Waals surface area contributed by atoms with E-state index in [-0.39, 0.29) is 5.92 Å². The molecule has 25 heavy (non-hydrogen) atoms. The van der Waals surface area contributed by atoms with Gasteiger partial charge in [0.1, 0.15) is 0 Å². The molecule has 1 aromatic heterocycles. The first-order valence-corrected chi connectivity index (χ1v) is 10.3. The number of aryl methyl sites for hydroxylation is 1. The highest BCUT2D eigenvalue weighted by atomic mass is 16.5. The first-order chi connectivity index (χ1) is 12.2. The van der Waals surface area contributed by atoms with E-state index in [4.69, 9.17) is 4.52 Å². The number of aromatic nitrogens is 2. The number of fused-ring (bicyclic) bond motifs is 1. The molecule has 2 saturated carbocycles. The van der Waals surface area contributed by atoms with Crippen LogP contribution >= 0.6 is 0 Å². The third-order valence-corrected chi connectivity index (χ3v) is 6.76. The summed E-state index contributed by atoms with van der Waals surface area (Å²) in [6.07, 6.45) is 12.2. The van der Waals surface area contributed by atoms with Gasteiger partial charge in [0.15, 0.2) is 5.82 Å². The Morgan fingerprint density at radius 3 is 2.76 bits per heavy atom. The van der Waals surface area contributed by atoms with Crippen LogP contribution in [0.3, 0.4) is 0 Å². The third-order valence-electron chi connectivity index (χ3n) is 6.76. The minimum absolute atomic E-state index is 0.283. The number of nitrogens with zero attached hydrogens (tertiary/aromatic N) is 3. The normalized spacial score (nSPS) is 33.1. The Balaban J connectivity index is 1.33. The molecule has 2 heterocycles. The van der Waals surface area contributed by atoms with Gasteiger partial charge in [0.25, 0.3) is 0 Å². The molecule has 1 aromatic rings. The van der Waals surface area contributed by atoms with Crippen LogP contribution < -0.4 is 0 Å². The number of carbonyl (C=O) groups excluding carboxylic acids is 1. The maximum absolute atomic E-state index is 13.1. The van der Waals surface area contributed by atoms with Gasteiger partial charge in [0.05, 0.1) is 0 Å². The van der Waals surface area contributed by atoms with Gasteiger partial charge in [-0.05, 0) is 49.9 Å². The van der Waals surface area contributed by atoms with Crippen molar-refractivity contribution in [3.8, 4) is 0 Å². The van der Waals surface area contributed by atoms with Crippen LogP contribution in [-0.2, 0) is 11.2 Å². The summed E-state index contributed by atoms with van der Waals surface area (Å²) in [4.78, 5) is 19.6. The lowest BCUT2D eigenvalue weighted by Gasteiger charge is -2.41. The zero-order chi connectivity index (χ0) is 17.2. The van der Waals surface area contributed by atoms with E-state index in [1.54, 1.807) is 0 Å². The van der Waals surface area contributed by atoms with Gasteiger partial charge < -0.3 is 9.42 Å². The Bertz CT molecular complexity index is 600. The lowest BCUT2D eigenvalue weighted by atomic mass is 9.67. The molecule has 0 aromatic carbocycles. The molecule has 3 fully saturated rings. The fourth-order valence-corrected chi connectivity index (χ4v) is 5.47. The average molecular weight is 345 g/mol. The number of hydrogen-bond acceptors (Lipinski definition) is 4. The lowest BCUT2D eigenvalue weighted by Crippen LogP contribution is -2.45. The van der Waals surface area contributed by atoms with Crippen molar-refractivity contribution < 1.29 is 9.32 Å². The van der Waals surface area contributed by atoms with Gasteiger partial charge in [0, 0.05) is 32.4 Å². The second kappa shape index (κ2) is 7.46. The molecular weight excluding hydrogens is 314 g/mol. The molecule has 0 bridgehead atoms. The van der Waals surface area contributed by atoms with Crippen molar-refractivity contribution in [3.05, 3.63) is 11.7 Å². The van der Waals surface area contributed by atoms with E-state index in [9.17, 15) is 4.79 Å². The molecule has 2 aliphatic carbocycles. The van der Waals surface area contributed by atoms with E-state index in [0.717, 1.165) is 62.9 Å². The molecule has 1 amide bonds. The number of carbonyl (C=O) groups is 1. The second-order valence-corrected chi connectivity index (χ2v) is 8.54. The summed E-state index contributed by atoms with van der Waals surface area (Å²) in [5, 5.41) is 4.03. The summed E-state index contributed by atoms with van der Waals surface area (Å²) in [5.74, 6) is 4.33. The topological polar surface area (TPSA) is 59.2 Å². The highest BCUT2D eigenvalue weighted by molar-refractivity contribution is 5.79. The van der Waals surface area contributed by atoms with Crippen LogP contribution in [0.15, 0.2) is 4.52 Å². The van der Waals surface area contributed by atoms with Crippen LogP contribution in [0, 0.1) is 30.6 Å². The molecule has 0 N–H and O–H groups in total. The van der Waals surface area contributed by atoms with E-state index in [2.05, 4.69) is 15.0 Å². The SMILES string of the molecule is Cc1nc(C[C@@H]2CCCN(C(=O)[C@@H]3CC[C@@H]4CCCC[C@@H]4C3)C2)no1. The number of piperidine rings is 1. The zero-order valence-corrected chi connectivity index (χ0v) is 15.5. The van der Waals surface area contributed by atoms with Gasteiger partial charge >= 0.3 is 0 Å². The van der Waals surface area contributed by atoms with Crippen LogP contribution in [0.5, 0.6) is 0 Å². The quantitative estimate of drug-likeness (QED) is 0.837. The van der Waals surface area contributed by atoms with Gasteiger partial charge in [-0.2, -0.15) is 4.98 Å². The molecular formula is C20H31N3O2. The van der Waals surface area contributed by atoms with Crippen LogP contribution in [0.25, 0.3) is 0 Å². The summed E-state index contributed by atoms with van der Waals surface area (Å²) in [7, 11) is 0. The molecule has 5 nitrogen and oxygen atoms in total. The summed E-state index contributed by atoms with van der Waals surface area (Å²) >= 11 is 0. The van der Waals surface area contributed by atoms with Crippen LogP contribution in [0.4, 0.5) is 0 Å². The fourth-order valence-electron chi connectivity index (χ4n) is 5.47. The van der Waals surface area contributed by atoms with E-state index in [0.29, 0.717) is 17.7 Å². The van der Waals surface area contributed by atoms with E-state index in [1.807, 2.05) is 6.92 Å². The number of amides is 1. The third kappa shape index (κ3) is 3.90. The highest BCUT2D eigenvalue weighted by Crippen LogP contribution is 2.43. The second-order valence-electron chi connectivity index (χ2n) is 8.54. The van der Waals surface area contributed by atoms with E-state index in [1.165, 1.54) is 32.1 Å². The van der Waals surface area contributed by atoms with Crippen LogP contribution in [0.2, 0.25) is 0 Å². The minimum atomic E-state index is 0.283. The fraction of sp³-hybridized carbons (Fsp3) is 0.850. The first kappa shape index (κ1) is 17.0. The molecule has 138 valence electrons. The Morgan fingerprint density at radius 2 is 1.96 bits per heavy atom. The van der Waals surface area contributed by atoms with Crippen molar-refractivity contribution >= 4 is 5.91 Å². The van der Waals surface area contributed by atoms with Crippen molar-refractivity contribution in [2.24, 2.45) is 23.7 Å². The average Bonchev–Trinajstić information content (AvgIpc) is 3.05. The summed E-state index contributed by atoms with van der Waals surface area (Å²) < 4.78 is 5.08. The predicted molar refractivity (Wildman–Crippen MR) is 94.8 cm³/mol. The molecule has 4 rings (SSSR count).